The van der Waals surface area contributed by atoms with Crippen molar-refractivity contribution in [2.75, 3.05) is 20.1 Å². The standard InChI is InChI=1S/C38H59N7O6/c1-7-27(41-34(48)25-14-10-15-26(18-25)35(49)42-28-19-29(22-46)40-20-28)21-45(36(50)32(38(3,4)5)44-33(47)23(2)39-6)37(51)43-31-17-11-13-24-12-8-9-16-30(24)31/h8-9,12,16,22-23,25-29,31-32,39-40H,7,10-11,13-15,17-21H2,1-6H3,(H,41,48)(H,42,49)(H,43,51)(H,44,47)/t23-,25?,26?,27-,28-,29-,31+,32?/m0/s1. The van der Waals surface area contributed by atoms with Gasteiger partial charge in [-0.15, -0.1) is 0 Å². The zero-order chi connectivity index (χ0) is 37.3. The molecule has 6 N–H and O–H groups in total. The molecular weight excluding hydrogens is 650 g/mol. The lowest BCUT2D eigenvalue weighted by Crippen LogP contribution is -2.61. The Morgan fingerprint density at radius 2 is 1.67 bits per heavy atom. The van der Waals surface area contributed by atoms with Crippen LogP contribution in [0.2, 0.25) is 0 Å². The highest BCUT2D eigenvalue weighted by Crippen LogP contribution is 2.31. The van der Waals surface area contributed by atoms with Crippen molar-refractivity contribution in [1.82, 2.24) is 36.8 Å². The van der Waals surface area contributed by atoms with E-state index in [2.05, 4.69) is 38.0 Å². The van der Waals surface area contributed by atoms with E-state index in [0.29, 0.717) is 38.6 Å². The zero-order valence-electron chi connectivity index (χ0n) is 31.2. The van der Waals surface area contributed by atoms with E-state index in [9.17, 15) is 28.8 Å². The fraction of sp³-hybridized carbons (Fsp3) is 0.684. The molecule has 282 valence electrons. The van der Waals surface area contributed by atoms with Gasteiger partial charge >= 0.3 is 6.03 Å². The van der Waals surface area contributed by atoms with Gasteiger partial charge in [0.25, 0.3) is 5.91 Å². The molecule has 4 rings (SSSR count). The van der Waals surface area contributed by atoms with Crippen LogP contribution in [0, 0.1) is 17.3 Å². The molecule has 0 bridgehead atoms. The van der Waals surface area contributed by atoms with E-state index in [4.69, 9.17) is 0 Å². The molecular formula is C38H59N7O6. The largest absolute Gasteiger partial charge is 0.352 e. The second-order valence-electron chi connectivity index (χ2n) is 15.6. The molecule has 1 heterocycles. The number of hydrogen-bond acceptors (Lipinski definition) is 8. The summed E-state index contributed by atoms with van der Waals surface area (Å²) >= 11 is 0. The third-order valence-corrected chi connectivity index (χ3v) is 10.7. The highest BCUT2D eigenvalue weighted by atomic mass is 16.2. The van der Waals surface area contributed by atoms with E-state index < -0.39 is 41.4 Å². The Balaban J connectivity index is 1.50. The highest BCUT2D eigenvalue weighted by molar-refractivity contribution is 5.99. The molecule has 13 heteroatoms. The topological polar surface area (TPSA) is 178 Å². The smallest absolute Gasteiger partial charge is 0.324 e. The zero-order valence-corrected chi connectivity index (χ0v) is 31.2. The number of carbonyl (C=O) groups is 6. The third kappa shape index (κ3) is 10.6. The number of carbonyl (C=O) groups excluding carboxylic acids is 6. The molecule has 8 atom stereocenters. The molecule has 2 aliphatic carbocycles. The Hall–Kier alpha value is -3.84. The van der Waals surface area contributed by atoms with Crippen LogP contribution in [0.1, 0.15) is 103 Å². The predicted molar refractivity (Wildman–Crippen MR) is 194 cm³/mol. The Labute approximate surface area is 302 Å². The van der Waals surface area contributed by atoms with Crippen LogP contribution < -0.4 is 31.9 Å². The van der Waals surface area contributed by atoms with Crippen molar-refractivity contribution in [1.29, 1.82) is 0 Å². The van der Waals surface area contributed by atoms with Crippen LogP contribution in [0.4, 0.5) is 4.79 Å². The summed E-state index contributed by atoms with van der Waals surface area (Å²) in [5, 5.41) is 18.1. The van der Waals surface area contributed by atoms with Crippen molar-refractivity contribution in [3.63, 3.8) is 0 Å². The van der Waals surface area contributed by atoms with Crippen LogP contribution in [-0.4, -0.2) is 91.2 Å². The summed E-state index contributed by atoms with van der Waals surface area (Å²) in [7, 11) is 1.66. The van der Waals surface area contributed by atoms with Crippen LogP contribution in [0.15, 0.2) is 24.3 Å². The maximum absolute atomic E-state index is 14.5. The van der Waals surface area contributed by atoms with Crippen molar-refractivity contribution >= 4 is 35.9 Å². The van der Waals surface area contributed by atoms with E-state index >= 15 is 0 Å². The number of likely N-dealkylation sites (N-methyl/N-ethyl adjacent to an activating group) is 1. The SMILES string of the molecule is CC[C@@H](CN(C(=O)N[C@@H]1CCCc2ccccc21)C(=O)C(NC(=O)[C@H](C)NC)C(C)(C)C)NC(=O)C1CCCC(C(=O)N[C@@H]2CN[C@H](C=O)C2)C1. The van der Waals surface area contributed by atoms with E-state index in [0.717, 1.165) is 48.0 Å². The fourth-order valence-electron chi connectivity index (χ4n) is 7.39. The van der Waals surface area contributed by atoms with Gasteiger partial charge in [0.1, 0.15) is 12.3 Å². The van der Waals surface area contributed by atoms with Gasteiger partial charge in [-0.2, -0.15) is 0 Å². The maximum atomic E-state index is 14.5. The molecule has 3 aliphatic rings. The number of benzene rings is 1. The molecule has 51 heavy (non-hydrogen) atoms. The first kappa shape index (κ1) is 39.9. The summed E-state index contributed by atoms with van der Waals surface area (Å²) in [6, 6.07) is 4.61. The fourth-order valence-corrected chi connectivity index (χ4v) is 7.39. The quantitative estimate of drug-likeness (QED) is 0.169. The van der Waals surface area contributed by atoms with Gasteiger partial charge in [-0.25, -0.2) is 4.79 Å². The number of fused-ring (bicyclic) bond motifs is 1. The van der Waals surface area contributed by atoms with Crippen molar-refractivity contribution in [3.05, 3.63) is 35.4 Å². The van der Waals surface area contributed by atoms with Crippen molar-refractivity contribution in [2.24, 2.45) is 17.3 Å². The molecule has 13 nitrogen and oxygen atoms in total. The maximum Gasteiger partial charge on any atom is 0.324 e. The summed E-state index contributed by atoms with van der Waals surface area (Å²) < 4.78 is 0. The average molecular weight is 710 g/mol. The van der Waals surface area contributed by atoms with Crippen LogP contribution >= 0.6 is 0 Å². The number of nitrogens with one attached hydrogen (secondary N) is 6. The van der Waals surface area contributed by atoms with Gasteiger partial charge in [0.2, 0.25) is 17.7 Å². The lowest BCUT2D eigenvalue weighted by Gasteiger charge is -2.37. The average Bonchev–Trinajstić information content (AvgIpc) is 3.58. The van der Waals surface area contributed by atoms with Gasteiger partial charge in [-0.3, -0.25) is 24.1 Å². The van der Waals surface area contributed by atoms with Crippen LogP contribution in [0.3, 0.4) is 0 Å². The minimum Gasteiger partial charge on any atom is -0.352 e. The molecule has 1 saturated carbocycles. The Kier molecular flexibility index (Phi) is 14.2. The van der Waals surface area contributed by atoms with Crippen molar-refractivity contribution in [3.8, 4) is 0 Å². The number of imide groups is 1. The number of amides is 6. The second kappa shape index (κ2) is 18.1. The summed E-state index contributed by atoms with van der Waals surface area (Å²) in [5.41, 5.74) is 1.45. The number of urea groups is 1. The summed E-state index contributed by atoms with van der Waals surface area (Å²) in [4.78, 5) is 80.8. The molecule has 1 aromatic carbocycles. The van der Waals surface area contributed by atoms with Gasteiger partial charge in [-0.05, 0) is 81.9 Å². The molecule has 0 spiro atoms. The Morgan fingerprint density at radius 3 is 2.31 bits per heavy atom. The lowest BCUT2D eigenvalue weighted by molar-refractivity contribution is -0.138. The number of aryl methyl sites for hydroxylation is 1. The molecule has 1 aliphatic heterocycles. The minimum absolute atomic E-state index is 0.0888. The lowest BCUT2D eigenvalue weighted by atomic mass is 9.80. The molecule has 3 unspecified atom stereocenters. The number of hydrogen-bond donors (Lipinski definition) is 6. The minimum atomic E-state index is -1.02. The molecule has 0 aromatic heterocycles. The first-order valence-corrected chi connectivity index (χ1v) is 18.7. The van der Waals surface area contributed by atoms with E-state index in [-0.39, 0.29) is 48.3 Å². The molecule has 1 saturated heterocycles. The second-order valence-corrected chi connectivity index (χ2v) is 15.6. The summed E-state index contributed by atoms with van der Waals surface area (Å²) in [5.74, 6) is -1.94. The first-order valence-electron chi connectivity index (χ1n) is 18.7. The van der Waals surface area contributed by atoms with Gasteiger partial charge < -0.3 is 36.7 Å². The van der Waals surface area contributed by atoms with Gasteiger partial charge in [-0.1, -0.05) is 58.4 Å². The van der Waals surface area contributed by atoms with Gasteiger partial charge in [0.05, 0.1) is 24.7 Å². The Morgan fingerprint density at radius 1 is 0.961 bits per heavy atom. The normalized spacial score (nSPS) is 24.9. The highest BCUT2D eigenvalue weighted by Gasteiger charge is 2.41. The van der Waals surface area contributed by atoms with Gasteiger partial charge in [0, 0.05) is 30.5 Å². The molecule has 0 radical (unpaired) electrons. The summed E-state index contributed by atoms with van der Waals surface area (Å²) in [6.07, 6.45) is 6.83. The van der Waals surface area contributed by atoms with Crippen LogP contribution in [-0.2, 0) is 30.4 Å². The van der Waals surface area contributed by atoms with Crippen LogP contribution in [0.5, 0.6) is 0 Å². The Bertz CT molecular complexity index is 1410. The van der Waals surface area contributed by atoms with Crippen LogP contribution in [0.25, 0.3) is 0 Å². The molecule has 2 fully saturated rings. The van der Waals surface area contributed by atoms with E-state index in [1.807, 2.05) is 45.9 Å². The van der Waals surface area contributed by atoms with E-state index in [1.165, 1.54) is 0 Å². The first-order chi connectivity index (χ1) is 24.2. The summed E-state index contributed by atoms with van der Waals surface area (Å²) in [6.45, 7) is 9.55. The number of nitrogens with zero attached hydrogens (tertiary/aromatic N) is 1. The van der Waals surface area contributed by atoms with Crippen molar-refractivity contribution in [2.45, 2.75) is 129 Å². The number of rotatable bonds is 13. The van der Waals surface area contributed by atoms with Gasteiger partial charge in [0.15, 0.2) is 0 Å². The number of aldehydes is 1. The molecule has 6 amide bonds. The monoisotopic (exact) mass is 709 g/mol. The van der Waals surface area contributed by atoms with E-state index in [1.54, 1.807) is 14.0 Å². The predicted octanol–water partition coefficient (Wildman–Crippen LogP) is 2.49. The third-order valence-electron chi connectivity index (χ3n) is 10.7. The van der Waals surface area contributed by atoms with Crippen molar-refractivity contribution < 1.29 is 28.8 Å². The molecule has 1 aromatic rings.